The van der Waals surface area contributed by atoms with Gasteiger partial charge in [-0.1, -0.05) is 0 Å². The smallest absolute Gasteiger partial charge is 0.219 e. The summed E-state index contributed by atoms with van der Waals surface area (Å²) in [6, 6.07) is 3.82. The van der Waals surface area contributed by atoms with Crippen molar-refractivity contribution in [3.8, 4) is 11.5 Å². The van der Waals surface area contributed by atoms with Gasteiger partial charge in [0.25, 0.3) is 0 Å². The lowest BCUT2D eigenvalue weighted by atomic mass is 10.3. The van der Waals surface area contributed by atoms with Crippen LogP contribution in [0.3, 0.4) is 0 Å². The van der Waals surface area contributed by atoms with Gasteiger partial charge < -0.3 is 33.5 Å². The molecule has 0 saturated carbocycles. The largest absolute Gasteiger partial charge is 0.490 e. The third-order valence-electron chi connectivity index (χ3n) is 5.32. The van der Waals surface area contributed by atoms with Gasteiger partial charge in [-0.3, -0.25) is 9.59 Å². The molecular weight excluding hydrogens is 492 g/mol. The molecule has 0 aliphatic carbocycles. The van der Waals surface area contributed by atoms with E-state index in [1.807, 2.05) is 22.9 Å². The molecule has 9 nitrogen and oxygen atoms in total. The molecular formula is C24H34N2O7S2. The van der Waals surface area contributed by atoms with Crippen LogP contribution in [0, 0.1) is 0 Å². The van der Waals surface area contributed by atoms with Crippen LogP contribution in [-0.4, -0.2) is 87.6 Å². The highest BCUT2D eigenvalue weighted by Crippen LogP contribution is 2.27. The zero-order chi connectivity index (χ0) is 24.9. The van der Waals surface area contributed by atoms with E-state index in [4.69, 9.17) is 23.7 Å². The van der Waals surface area contributed by atoms with Crippen LogP contribution in [0.15, 0.2) is 22.9 Å². The van der Waals surface area contributed by atoms with Gasteiger partial charge in [0.1, 0.15) is 24.7 Å². The number of nitrogens with zero attached hydrogens (tertiary/aromatic N) is 2. The van der Waals surface area contributed by atoms with Gasteiger partial charge in [0.05, 0.1) is 62.5 Å². The zero-order valence-corrected chi connectivity index (χ0v) is 22.0. The maximum absolute atomic E-state index is 12.2. The standard InChI is InChI=1S/C24H34N2O7S2/c1-19(27)25-5-7-29-8-6-26(20(2)28)18-24-22(4-16-35-24)33-14-12-31-10-9-30-11-13-32-21-3-15-34-23(21)17-25/h3-4,15-16H,5-14,17-18H2,1-2H3. The molecule has 11 heteroatoms. The SMILES string of the molecule is CC(=O)N1CCOCCN(C(C)=O)Cc2sccc2OCCOCCOCCOc2ccsc2C1. The van der Waals surface area contributed by atoms with Crippen molar-refractivity contribution < 1.29 is 33.3 Å². The van der Waals surface area contributed by atoms with Gasteiger partial charge in [-0.15, -0.1) is 22.7 Å². The minimum absolute atomic E-state index is 0.0302. The van der Waals surface area contributed by atoms with E-state index >= 15 is 0 Å². The van der Waals surface area contributed by atoms with E-state index in [2.05, 4.69) is 0 Å². The average molecular weight is 527 g/mol. The van der Waals surface area contributed by atoms with Crippen LogP contribution in [-0.2, 0) is 36.9 Å². The first-order valence-corrected chi connectivity index (χ1v) is 13.4. The molecule has 35 heavy (non-hydrogen) atoms. The lowest BCUT2D eigenvalue weighted by molar-refractivity contribution is -0.130. The first-order chi connectivity index (χ1) is 17.0. The molecule has 2 aromatic rings. The topological polar surface area (TPSA) is 86.8 Å². The monoisotopic (exact) mass is 526 g/mol. The number of fused-ring (bicyclic) bond motifs is 2. The Morgan fingerprint density at radius 2 is 1.06 bits per heavy atom. The number of thiophene rings is 2. The highest BCUT2D eigenvalue weighted by atomic mass is 32.1. The van der Waals surface area contributed by atoms with Crippen molar-refractivity contribution in [3.63, 3.8) is 0 Å². The van der Waals surface area contributed by atoms with Crippen molar-refractivity contribution in [2.75, 3.05) is 65.9 Å². The summed E-state index contributed by atoms with van der Waals surface area (Å²) in [5.41, 5.74) is 0. The van der Waals surface area contributed by atoms with Crippen LogP contribution in [0.5, 0.6) is 11.5 Å². The van der Waals surface area contributed by atoms with Gasteiger partial charge in [-0.25, -0.2) is 0 Å². The molecule has 0 bridgehead atoms. The summed E-state index contributed by atoms with van der Waals surface area (Å²) in [5, 5.41) is 3.91. The highest BCUT2D eigenvalue weighted by Gasteiger charge is 2.16. The Bertz CT molecular complexity index is 845. The van der Waals surface area contributed by atoms with Crippen molar-refractivity contribution >= 4 is 34.5 Å². The van der Waals surface area contributed by atoms with Gasteiger partial charge in [-0.05, 0) is 22.9 Å². The minimum Gasteiger partial charge on any atom is -0.490 e. The lowest BCUT2D eigenvalue weighted by Crippen LogP contribution is -2.34. The summed E-state index contributed by atoms with van der Waals surface area (Å²) >= 11 is 3.11. The van der Waals surface area contributed by atoms with E-state index in [-0.39, 0.29) is 11.8 Å². The Morgan fingerprint density at radius 1 is 0.657 bits per heavy atom. The molecule has 1 aliphatic heterocycles. The first-order valence-electron chi connectivity index (χ1n) is 11.7. The number of hydrogen-bond donors (Lipinski definition) is 0. The third-order valence-corrected chi connectivity index (χ3v) is 7.10. The van der Waals surface area contributed by atoms with Crippen molar-refractivity contribution in [1.82, 2.24) is 9.80 Å². The maximum atomic E-state index is 12.2. The molecule has 0 aromatic carbocycles. The fraction of sp³-hybridized carbons (Fsp3) is 0.583. The number of ether oxygens (including phenoxy) is 5. The predicted molar refractivity (Wildman–Crippen MR) is 134 cm³/mol. The Hall–Kier alpha value is -2.18. The number of carbonyl (C=O) groups excluding carboxylic acids is 2. The van der Waals surface area contributed by atoms with E-state index in [1.54, 1.807) is 46.3 Å². The second-order valence-corrected chi connectivity index (χ2v) is 9.83. The Morgan fingerprint density at radius 3 is 1.49 bits per heavy atom. The minimum atomic E-state index is -0.0302. The number of amides is 2. The summed E-state index contributed by atoms with van der Waals surface area (Å²) < 4.78 is 28.7. The van der Waals surface area contributed by atoms with Crippen molar-refractivity contribution in [2.45, 2.75) is 26.9 Å². The second-order valence-electron chi connectivity index (χ2n) is 7.83. The summed E-state index contributed by atoms with van der Waals surface area (Å²) in [4.78, 5) is 29.8. The van der Waals surface area contributed by atoms with Gasteiger partial charge in [-0.2, -0.15) is 0 Å². The van der Waals surface area contributed by atoms with Crippen molar-refractivity contribution in [1.29, 1.82) is 0 Å². The van der Waals surface area contributed by atoms with Crippen LogP contribution in [0.4, 0.5) is 0 Å². The van der Waals surface area contributed by atoms with Crippen LogP contribution in [0.2, 0.25) is 0 Å². The fourth-order valence-electron chi connectivity index (χ4n) is 3.38. The van der Waals surface area contributed by atoms with Gasteiger partial charge >= 0.3 is 0 Å². The number of hydrogen-bond acceptors (Lipinski definition) is 9. The third kappa shape index (κ3) is 9.42. The molecule has 1 aliphatic rings. The first kappa shape index (κ1) is 27.4. The second kappa shape index (κ2) is 15.0. The molecule has 0 saturated heterocycles. The molecule has 3 heterocycles. The fourth-order valence-corrected chi connectivity index (χ4v) is 5.04. The molecule has 2 amide bonds. The summed E-state index contributed by atoms with van der Waals surface area (Å²) in [5.74, 6) is 1.47. The molecule has 2 aromatic heterocycles. The predicted octanol–water partition coefficient (Wildman–Crippen LogP) is 3.03. The van der Waals surface area contributed by atoms with Gasteiger partial charge in [0, 0.05) is 26.9 Å². The molecule has 0 atom stereocenters. The molecule has 0 spiro atoms. The van der Waals surface area contributed by atoms with E-state index in [0.29, 0.717) is 79.0 Å². The van der Waals surface area contributed by atoms with Crippen LogP contribution >= 0.6 is 22.7 Å². The van der Waals surface area contributed by atoms with E-state index in [9.17, 15) is 9.59 Å². The molecule has 0 N–H and O–H groups in total. The normalized spacial score (nSPS) is 18.0. The van der Waals surface area contributed by atoms with Crippen molar-refractivity contribution in [3.05, 3.63) is 32.6 Å². The lowest BCUT2D eigenvalue weighted by Gasteiger charge is -2.23. The number of rotatable bonds is 0. The average Bonchev–Trinajstić information content (AvgIpc) is 3.46. The summed E-state index contributed by atoms with van der Waals surface area (Å²) in [7, 11) is 0. The maximum Gasteiger partial charge on any atom is 0.219 e. The zero-order valence-electron chi connectivity index (χ0n) is 20.4. The van der Waals surface area contributed by atoms with Gasteiger partial charge in [0.15, 0.2) is 0 Å². The quantitative estimate of drug-likeness (QED) is 0.522. The Labute approximate surface area is 214 Å². The van der Waals surface area contributed by atoms with Gasteiger partial charge in [0.2, 0.25) is 11.8 Å². The summed E-state index contributed by atoms with van der Waals surface area (Å²) in [6.07, 6.45) is 0. The molecule has 3 rings (SSSR count). The Balaban J connectivity index is 1.60. The number of carbonyl (C=O) groups is 2. The molecule has 0 radical (unpaired) electrons. The van der Waals surface area contributed by atoms with E-state index < -0.39 is 0 Å². The van der Waals surface area contributed by atoms with Crippen molar-refractivity contribution in [2.24, 2.45) is 0 Å². The summed E-state index contributed by atoms with van der Waals surface area (Å²) in [6.45, 7) is 8.37. The Kier molecular flexibility index (Phi) is 11.8. The van der Waals surface area contributed by atoms with Crippen LogP contribution < -0.4 is 9.47 Å². The molecule has 194 valence electrons. The molecule has 0 fully saturated rings. The van der Waals surface area contributed by atoms with Crippen LogP contribution in [0.25, 0.3) is 0 Å². The van der Waals surface area contributed by atoms with E-state index in [0.717, 1.165) is 21.3 Å². The molecule has 0 unspecified atom stereocenters. The van der Waals surface area contributed by atoms with Crippen LogP contribution in [0.1, 0.15) is 23.6 Å². The highest BCUT2D eigenvalue weighted by molar-refractivity contribution is 7.10. The van der Waals surface area contributed by atoms with E-state index in [1.165, 1.54) is 0 Å².